The Balaban J connectivity index is 1.85. The molecule has 1 amide bonds. The summed E-state index contributed by atoms with van der Waals surface area (Å²) < 4.78 is 33.1. The highest BCUT2D eigenvalue weighted by molar-refractivity contribution is 7.89. The summed E-state index contributed by atoms with van der Waals surface area (Å²) in [5, 5.41) is 2.81. The van der Waals surface area contributed by atoms with Gasteiger partial charge in [-0.1, -0.05) is 11.6 Å². The molecule has 2 atom stereocenters. The number of anilines is 1. The van der Waals surface area contributed by atoms with Crippen LogP contribution in [0.3, 0.4) is 0 Å². The maximum atomic E-state index is 13.1. The molecule has 1 fully saturated rings. The largest absolute Gasteiger partial charge is 0.373 e. The summed E-state index contributed by atoms with van der Waals surface area (Å²) in [5.41, 5.74) is 1.03. The summed E-state index contributed by atoms with van der Waals surface area (Å²) in [6.45, 7) is 5.56. The van der Waals surface area contributed by atoms with E-state index in [2.05, 4.69) is 5.32 Å². The minimum absolute atomic E-state index is 0.00900. The van der Waals surface area contributed by atoms with Crippen LogP contribution in [0.4, 0.5) is 5.69 Å². The topological polar surface area (TPSA) is 92.8 Å². The lowest BCUT2D eigenvalue weighted by Gasteiger charge is -2.34. The Labute approximate surface area is 181 Å². The number of carbonyl (C=O) groups excluding carboxylic acids is 2. The van der Waals surface area contributed by atoms with E-state index in [0.717, 1.165) is 0 Å². The Morgan fingerprint density at radius 3 is 2.23 bits per heavy atom. The smallest absolute Gasteiger partial charge is 0.257 e. The molecule has 9 heteroatoms. The van der Waals surface area contributed by atoms with Crippen molar-refractivity contribution in [2.24, 2.45) is 0 Å². The van der Waals surface area contributed by atoms with Crippen LogP contribution in [-0.4, -0.2) is 49.7 Å². The van der Waals surface area contributed by atoms with E-state index in [1.54, 1.807) is 24.3 Å². The molecule has 1 saturated heterocycles. The summed E-state index contributed by atoms with van der Waals surface area (Å²) in [4.78, 5) is 24.1. The van der Waals surface area contributed by atoms with Crippen molar-refractivity contribution in [2.45, 2.75) is 37.9 Å². The Kier molecular flexibility index (Phi) is 6.62. The molecule has 3 rings (SSSR count). The number of nitrogens with one attached hydrogen (secondary N) is 1. The first-order chi connectivity index (χ1) is 14.1. The highest BCUT2D eigenvalue weighted by Gasteiger charge is 2.32. The molecule has 0 saturated carbocycles. The van der Waals surface area contributed by atoms with Gasteiger partial charge in [0.1, 0.15) is 0 Å². The van der Waals surface area contributed by atoms with Crippen LogP contribution in [0.15, 0.2) is 47.4 Å². The molecule has 2 aromatic rings. The highest BCUT2D eigenvalue weighted by atomic mass is 35.5. The molecule has 0 spiro atoms. The normalized spacial score (nSPS) is 20.0. The van der Waals surface area contributed by atoms with Gasteiger partial charge in [-0.15, -0.1) is 0 Å². The van der Waals surface area contributed by atoms with Crippen molar-refractivity contribution in [3.05, 3.63) is 58.6 Å². The molecule has 1 aliphatic heterocycles. The third-order valence-corrected chi connectivity index (χ3v) is 6.91. The van der Waals surface area contributed by atoms with E-state index in [-0.39, 0.29) is 46.6 Å². The Bertz CT molecular complexity index is 1060. The molecule has 30 heavy (non-hydrogen) atoms. The number of Topliss-reactive ketones (excluding diaryl/α,β-unsaturated/α-hetero) is 1. The predicted molar refractivity (Wildman–Crippen MR) is 115 cm³/mol. The summed E-state index contributed by atoms with van der Waals surface area (Å²) >= 11 is 6.17. The molecule has 0 aliphatic carbocycles. The fraction of sp³-hybridized carbons (Fsp3) is 0.333. The number of sulfonamides is 1. The van der Waals surface area contributed by atoms with E-state index < -0.39 is 15.9 Å². The average Bonchev–Trinajstić information content (AvgIpc) is 2.67. The molecule has 0 bridgehead atoms. The Morgan fingerprint density at radius 2 is 1.67 bits per heavy atom. The van der Waals surface area contributed by atoms with Crippen molar-refractivity contribution >= 4 is 39.0 Å². The van der Waals surface area contributed by atoms with Crippen LogP contribution >= 0.6 is 11.6 Å². The number of hydrogen-bond donors (Lipinski definition) is 1. The van der Waals surface area contributed by atoms with Gasteiger partial charge in [-0.3, -0.25) is 9.59 Å². The monoisotopic (exact) mass is 450 g/mol. The van der Waals surface area contributed by atoms with Gasteiger partial charge in [-0.2, -0.15) is 4.31 Å². The van der Waals surface area contributed by atoms with Crippen LogP contribution in [0.1, 0.15) is 41.5 Å². The fourth-order valence-electron chi connectivity index (χ4n) is 3.30. The third-order valence-electron chi connectivity index (χ3n) is 4.76. The lowest BCUT2D eigenvalue weighted by molar-refractivity contribution is -0.0440. The molecular weight excluding hydrogens is 428 g/mol. The SMILES string of the molecule is CC(=O)c1ccc(NC(=O)c2cc(S(=O)(=O)N3C[C@@H](C)O[C@H](C)C3)ccc2Cl)cc1. The lowest BCUT2D eigenvalue weighted by atomic mass is 10.1. The molecule has 2 aromatic carbocycles. The lowest BCUT2D eigenvalue weighted by Crippen LogP contribution is -2.48. The number of ether oxygens (including phenoxy) is 1. The summed E-state index contributed by atoms with van der Waals surface area (Å²) in [5.74, 6) is -0.628. The fourth-order valence-corrected chi connectivity index (χ4v) is 5.12. The van der Waals surface area contributed by atoms with Crippen LogP contribution < -0.4 is 5.32 Å². The van der Waals surface area contributed by atoms with Gasteiger partial charge >= 0.3 is 0 Å². The zero-order valence-corrected chi connectivity index (χ0v) is 18.5. The number of ketones is 1. The first-order valence-corrected chi connectivity index (χ1v) is 11.3. The van der Waals surface area contributed by atoms with E-state index in [4.69, 9.17) is 16.3 Å². The Morgan fingerprint density at radius 1 is 1.07 bits per heavy atom. The van der Waals surface area contributed by atoms with Gasteiger partial charge in [0.2, 0.25) is 10.0 Å². The number of hydrogen-bond acceptors (Lipinski definition) is 5. The second-order valence-electron chi connectivity index (χ2n) is 7.31. The second-order valence-corrected chi connectivity index (χ2v) is 9.65. The quantitative estimate of drug-likeness (QED) is 0.702. The minimum atomic E-state index is -3.81. The van der Waals surface area contributed by atoms with E-state index in [9.17, 15) is 18.0 Å². The van der Waals surface area contributed by atoms with Gasteiger partial charge in [0.05, 0.1) is 27.7 Å². The molecule has 0 aromatic heterocycles. The van der Waals surface area contributed by atoms with Crippen molar-refractivity contribution in [1.29, 1.82) is 0 Å². The van der Waals surface area contributed by atoms with Gasteiger partial charge in [-0.05, 0) is 63.2 Å². The molecular formula is C21H23ClN2O5S. The standard InChI is InChI=1S/C21H23ClN2O5S/c1-13-11-24(12-14(2)29-13)30(27,28)18-8-9-20(22)19(10-18)21(26)23-17-6-4-16(5-7-17)15(3)25/h4-10,13-14H,11-12H2,1-3H3,(H,23,26)/t13-,14-/m1/s1. The zero-order chi connectivity index (χ0) is 22.1. The highest BCUT2D eigenvalue weighted by Crippen LogP contribution is 2.26. The maximum Gasteiger partial charge on any atom is 0.257 e. The van der Waals surface area contributed by atoms with Crippen molar-refractivity contribution < 1.29 is 22.7 Å². The molecule has 160 valence electrons. The number of morpholine rings is 1. The first kappa shape index (κ1) is 22.4. The van der Waals surface area contributed by atoms with Crippen molar-refractivity contribution in [3.8, 4) is 0 Å². The van der Waals surface area contributed by atoms with E-state index in [0.29, 0.717) is 11.3 Å². The number of benzene rings is 2. The molecule has 1 heterocycles. The molecule has 0 unspecified atom stereocenters. The average molecular weight is 451 g/mol. The van der Waals surface area contributed by atoms with E-state index >= 15 is 0 Å². The molecule has 7 nitrogen and oxygen atoms in total. The summed E-state index contributed by atoms with van der Waals surface area (Å²) in [7, 11) is -3.81. The molecule has 1 aliphatic rings. The maximum absolute atomic E-state index is 13.1. The van der Waals surface area contributed by atoms with Gasteiger partial charge in [0.25, 0.3) is 5.91 Å². The number of rotatable bonds is 5. The molecule has 1 N–H and O–H groups in total. The number of carbonyl (C=O) groups is 2. The molecule has 0 radical (unpaired) electrons. The number of nitrogens with zero attached hydrogens (tertiary/aromatic N) is 1. The van der Waals surface area contributed by atoms with Gasteiger partial charge in [0.15, 0.2) is 5.78 Å². The minimum Gasteiger partial charge on any atom is -0.373 e. The van der Waals surface area contributed by atoms with Gasteiger partial charge < -0.3 is 10.1 Å². The first-order valence-electron chi connectivity index (χ1n) is 9.45. The number of amides is 1. The van der Waals surface area contributed by atoms with E-state index in [1.807, 2.05) is 13.8 Å². The second kappa shape index (κ2) is 8.85. The van der Waals surface area contributed by atoms with Crippen molar-refractivity contribution in [3.63, 3.8) is 0 Å². The zero-order valence-electron chi connectivity index (χ0n) is 16.9. The van der Waals surface area contributed by atoms with Crippen LogP contribution in [-0.2, 0) is 14.8 Å². The third kappa shape index (κ3) is 4.89. The van der Waals surface area contributed by atoms with Gasteiger partial charge in [0, 0.05) is 24.3 Å². The van der Waals surface area contributed by atoms with Crippen LogP contribution in [0.2, 0.25) is 5.02 Å². The summed E-state index contributed by atoms with van der Waals surface area (Å²) in [6.07, 6.45) is -0.451. The van der Waals surface area contributed by atoms with E-state index in [1.165, 1.54) is 29.4 Å². The van der Waals surface area contributed by atoms with Crippen molar-refractivity contribution in [1.82, 2.24) is 4.31 Å². The predicted octanol–water partition coefficient (Wildman–Crippen LogP) is 3.59. The Hall–Kier alpha value is -2.26. The summed E-state index contributed by atoms with van der Waals surface area (Å²) in [6, 6.07) is 10.5. The number of halogens is 1. The van der Waals surface area contributed by atoms with Gasteiger partial charge in [-0.25, -0.2) is 8.42 Å². The van der Waals surface area contributed by atoms with Crippen LogP contribution in [0.25, 0.3) is 0 Å². The van der Waals surface area contributed by atoms with Crippen LogP contribution in [0, 0.1) is 0 Å². The van der Waals surface area contributed by atoms with Crippen LogP contribution in [0.5, 0.6) is 0 Å². The van der Waals surface area contributed by atoms with Crippen molar-refractivity contribution in [2.75, 3.05) is 18.4 Å².